The molecule has 0 fully saturated rings. The Labute approximate surface area is 105 Å². The molecule has 0 spiro atoms. The first-order valence-corrected chi connectivity index (χ1v) is 5.91. The zero-order valence-electron chi connectivity index (χ0n) is 9.64. The van der Waals surface area contributed by atoms with Crippen LogP contribution < -0.4 is 5.56 Å². The molecule has 88 valence electrons. The molecular formula is C13H14N2OS. The fourth-order valence-electron chi connectivity index (χ4n) is 1.74. The third-order valence-corrected chi connectivity index (χ3v) is 2.96. The largest absolute Gasteiger partial charge is 0.325 e. The molecule has 1 N–H and O–H groups in total. The van der Waals surface area contributed by atoms with E-state index in [1.54, 1.807) is 6.20 Å². The van der Waals surface area contributed by atoms with E-state index in [9.17, 15) is 4.79 Å². The third-order valence-electron chi connectivity index (χ3n) is 2.62. The minimum atomic E-state index is -0.151. The maximum absolute atomic E-state index is 11.0. The van der Waals surface area contributed by atoms with Crippen molar-refractivity contribution in [3.8, 4) is 0 Å². The molecule has 0 atom stereocenters. The maximum Gasteiger partial charge on any atom is 0.251 e. The molecule has 0 aliphatic rings. The van der Waals surface area contributed by atoms with Crippen molar-refractivity contribution in [2.24, 2.45) is 0 Å². The molecule has 0 bridgehead atoms. The topological polar surface area (TPSA) is 37.8 Å². The Morgan fingerprint density at radius 1 is 1.35 bits per heavy atom. The number of nitrogens with one attached hydrogen (secondary N) is 1. The second-order valence-electron chi connectivity index (χ2n) is 4.04. The van der Waals surface area contributed by atoms with Gasteiger partial charge in [0.2, 0.25) is 0 Å². The number of hydrogen-bond donors (Lipinski definition) is 1. The molecule has 0 amide bonds. The molecule has 0 radical (unpaired) electrons. The zero-order chi connectivity index (χ0) is 12.3. The van der Waals surface area contributed by atoms with Gasteiger partial charge in [-0.3, -0.25) is 9.78 Å². The first-order chi connectivity index (χ1) is 8.15. The lowest BCUT2D eigenvalue weighted by Crippen LogP contribution is -2.12. The Morgan fingerprint density at radius 2 is 2.18 bits per heavy atom. The molecule has 17 heavy (non-hydrogen) atoms. The van der Waals surface area contributed by atoms with Crippen molar-refractivity contribution in [2.75, 3.05) is 0 Å². The fraction of sp³-hybridized carbons (Fsp3) is 0.231. The summed E-state index contributed by atoms with van der Waals surface area (Å²) >= 11 is 5.09. The highest BCUT2D eigenvalue weighted by Gasteiger charge is 1.96. The summed E-state index contributed by atoms with van der Waals surface area (Å²) in [5.41, 5.74) is 2.38. The molecule has 1 heterocycles. The highest BCUT2D eigenvalue weighted by molar-refractivity contribution is 7.71. The monoisotopic (exact) mass is 246 g/mol. The standard InChI is InChI=1S/C13H14N2OS/c1-10-3-2-4-11(9-10)5-7-15-8-6-12(16)14-13(15)17/h2-4,6,8-9H,5,7H2,1H3,(H,14,16,17). The average Bonchev–Trinajstić information content (AvgIpc) is 2.28. The Hall–Kier alpha value is -1.68. The minimum absolute atomic E-state index is 0.151. The number of aromatic amines is 1. The van der Waals surface area contributed by atoms with Crippen LogP contribution in [0.3, 0.4) is 0 Å². The lowest BCUT2D eigenvalue weighted by atomic mass is 10.1. The van der Waals surface area contributed by atoms with Crippen molar-refractivity contribution >= 4 is 12.2 Å². The van der Waals surface area contributed by atoms with Crippen molar-refractivity contribution in [1.82, 2.24) is 9.55 Å². The molecule has 3 nitrogen and oxygen atoms in total. The molecule has 4 heteroatoms. The van der Waals surface area contributed by atoms with E-state index < -0.39 is 0 Å². The van der Waals surface area contributed by atoms with Crippen LogP contribution in [-0.4, -0.2) is 9.55 Å². The van der Waals surface area contributed by atoms with E-state index in [0.29, 0.717) is 4.77 Å². The van der Waals surface area contributed by atoms with Gasteiger partial charge in [0.05, 0.1) is 0 Å². The average molecular weight is 246 g/mol. The highest BCUT2D eigenvalue weighted by atomic mass is 32.1. The summed E-state index contributed by atoms with van der Waals surface area (Å²) in [7, 11) is 0. The molecule has 1 aromatic heterocycles. The van der Waals surface area contributed by atoms with Gasteiger partial charge in [-0.25, -0.2) is 0 Å². The molecule has 0 aliphatic heterocycles. The number of hydrogen-bond acceptors (Lipinski definition) is 2. The van der Waals surface area contributed by atoms with Crippen molar-refractivity contribution in [2.45, 2.75) is 19.9 Å². The second-order valence-corrected chi connectivity index (χ2v) is 4.43. The van der Waals surface area contributed by atoms with Crippen LogP contribution in [0.15, 0.2) is 41.3 Å². The van der Waals surface area contributed by atoms with Gasteiger partial charge in [-0.05, 0) is 31.1 Å². The quantitative estimate of drug-likeness (QED) is 0.845. The van der Waals surface area contributed by atoms with E-state index in [0.717, 1.165) is 13.0 Å². The molecule has 1 aromatic carbocycles. The lowest BCUT2D eigenvalue weighted by Gasteiger charge is -2.06. The van der Waals surface area contributed by atoms with E-state index in [1.807, 2.05) is 4.57 Å². The number of aryl methyl sites for hydroxylation is 3. The van der Waals surface area contributed by atoms with Gasteiger partial charge in [-0.2, -0.15) is 0 Å². The van der Waals surface area contributed by atoms with Gasteiger partial charge < -0.3 is 4.57 Å². The first-order valence-electron chi connectivity index (χ1n) is 5.50. The van der Waals surface area contributed by atoms with E-state index in [2.05, 4.69) is 36.2 Å². The summed E-state index contributed by atoms with van der Waals surface area (Å²) in [5.74, 6) is 0. The van der Waals surface area contributed by atoms with Gasteiger partial charge >= 0.3 is 0 Å². The second kappa shape index (κ2) is 5.10. The van der Waals surface area contributed by atoms with Crippen molar-refractivity contribution in [3.05, 3.63) is 62.8 Å². The maximum atomic E-state index is 11.0. The number of nitrogens with zero attached hydrogens (tertiary/aromatic N) is 1. The van der Waals surface area contributed by atoms with Crippen LogP contribution in [0.25, 0.3) is 0 Å². The minimum Gasteiger partial charge on any atom is -0.325 e. The van der Waals surface area contributed by atoms with Crippen LogP contribution in [0.1, 0.15) is 11.1 Å². The summed E-state index contributed by atoms with van der Waals surface area (Å²) in [6, 6.07) is 9.88. The van der Waals surface area contributed by atoms with Gasteiger partial charge in [-0.1, -0.05) is 29.8 Å². The zero-order valence-corrected chi connectivity index (χ0v) is 10.5. The Kier molecular flexibility index (Phi) is 3.54. The molecule has 2 aromatic rings. The molecular weight excluding hydrogens is 232 g/mol. The summed E-state index contributed by atoms with van der Waals surface area (Å²) < 4.78 is 2.35. The number of aromatic nitrogens is 2. The van der Waals surface area contributed by atoms with Crippen LogP contribution in [0.2, 0.25) is 0 Å². The highest BCUT2D eigenvalue weighted by Crippen LogP contribution is 2.05. The van der Waals surface area contributed by atoms with E-state index in [4.69, 9.17) is 12.2 Å². The van der Waals surface area contributed by atoms with Gasteiger partial charge in [0, 0.05) is 18.8 Å². The van der Waals surface area contributed by atoms with Crippen LogP contribution in [0.4, 0.5) is 0 Å². The summed E-state index contributed by atoms with van der Waals surface area (Å²) in [6.07, 6.45) is 2.64. The van der Waals surface area contributed by atoms with Crippen molar-refractivity contribution in [3.63, 3.8) is 0 Å². The third kappa shape index (κ3) is 3.14. The van der Waals surface area contributed by atoms with Crippen molar-refractivity contribution in [1.29, 1.82) is 0 Å². The lowest BCUT2D eigenvalue weighted by molar-refractivity contribution is 0.662. The number of benzene rings is 1. The van der Waals surface area contributed by atoms with Gasteiger partial charge in [-0.15, -0.1) is 0 Å². The van der Waals surface area contributed by atoms with Crippen LogP contribution in [-0.2, 0) is 13.0 Å². The van der Waals surface area contributed by atoms with E-state index in [1.165, 1.54) is 17.2 Å². The summed E-state index contributed by atoms with van der Waals surface area (Å²) in [5, 5.41) is 0. The predicted molar refractivity (Wildman–Crippen MR) is 70.8 cm³/mol. The van der Waals surface area contributed by atoms with Crippen LogP contribution in [0, 0.1) is 11.7 Å². The molecule has 2 rings (SSSR count). The van der Waals surface area contributed by atoms with E-state index in [-0.39, 0.29) is 5.56 Å². The Balaban J connectivity index is 2.12. The Morgan fingerprint density at radius 3 is 2.88 bits per heavy atom. The van der Waals surface area contributed by atoms with Gasteiger partial charge in [0.15, 0.2) is 4.77 Å². The fourth-order valence-corrected chi connectivity index (χ4v) is 1.99. The molecule has 0 aliphatic carbocycles. The summed E-state index contributed by atoms with van der Waals surface area (Å²) in [4.78, 5) is 13.6. The molecule has 0 unspecified atom stereocenters. The number of H-pyrrole nitrogens is 1. The molecule has 0 saturated heterocycles. The number of rotatable bonds is 3. The van der Waals surface area contributed by atoms with Crippen LogP contribution in [0.5, 0.6) is 0 Å². The van der Waals surface area contributed by atoms with Gasteiger partial charge in [0.1, 0.15) is 0 Å². The van der Waals surface area contributed by atoms with Crippen molar-refractivity contribution < 1.29 is 0 Å². The van der Waals surface area contributed by atoms with E-state index >= 15 is 0 Å². The van der Waals surface area contributed by atoms with Gasteiger partial charge in [0.25, 0.3) is 5.56 Å². The Bertz CT molecular complexity index is 628. The normalized spacial score (nSPS) is 10.4. The smallest absolute Gasteiger partial charge is 0.251 e. The SMILES string of the molecule is Cc1cccc(CCn2ccc(=O)[nH]c2=S)c1. The first kappa shape index (κ1) is 11.8. The predicted octanol–water partition coefficient (Wildman–Crippen LogP) is 2.46. The summed E-state index contributed by atoms with van der Waals surface area (Å²) in [6.45, 7) is 2.86. The van der Waals surface area contributed by atoms with Crippen LogP contribution >= 0.6 is 12.2 Å². The molecule has 0 saturated carbocycles.